The topological polar surface area (TPSA) is 37.4 Å². The summed E-state index contributed by atoms with van der Waals surface area (Å²) in [5.74, 6) is -0.302. The summed E-state index contributed by atoms with van der Waals surface area (Å²) in [4.78, 5) is 26.5. The van der Waals surface area contributed by atoms with Crippen molar-refractivity contribution < 1.29 is 14.0 Å². The highest BCUT2D eigenvalue weighted by Gasteiger charge is 2.32. The summed E-state index contributed by atoms with van der Waals surface area (Å²) in [5, 5.41) is 0. The van der Waals surface area contributed by atoms with Crippen LogP contribution in [0.1, 0.15) is 41.6 Å². The fraction of sp³-hybridized carbons (Fsp3) is 0.300. The van der Waals surface area contributed by atoms with Crippen LogP contribution in [0.4, 0.5) is 4.39 Å². The number of hydrogen-bond donors (Lipinski definition) is 0. The number of ketones is 1. The van der Waals surface area contributed by atoms with E-state index in [1.54, 1.807) is 24.3 Å². The van der Waals surface area contributed by atoms with Crippen LogP contribution >= 0.6 is 0 Å². The molecule has 3 nitrogen and oxygen atoms in total. The molecule has 0 radical (unpaired) electrons. The first-order valence-electron chi connectivity index (χ1n) is 8.25. The Kier molecular flexibility index (Phi) is 5.04. The number of carbonyl (C=O) groups is 2. The van der Waals surface area contributed by atoms with Crippen molar-refractivity contribution in [2.45, 2.75) is 38.3 Å². The van der Waals surface area contributed by atoms with Gasteiger partial charge in [0.25, 0.3) is 0 Å². The Labute approximate surface area is 141 Å². The average molecular weight is 325 g/mol. The molecule has 0 saturated heterocycles. The lowest BCUT2D eigenvalue weighted by molar-refractivity contribution is -0.132. The van der Waals surface area contributed by atoms with Gasteiger partial charge in [0.1, 0.15) is 5.82 Å². The molecular weight excluding hydrogens is 305 g/mol. The van der Waals surface area contributed by atoms with Gasteiger partial charge in [-0.3, -0.25) is 9.59 Å². The van der Waals surface area contributed by atoms with Crippen molar-refractivity contribution in [2.24, 2.45) is 0 Å². The van der Waals surface area contributed by atoms with Crippen molar-refractivity contribution in [1.29, 1.82) is 0 Å². The van der Waals surface area contributed by atoms with E-state index in [4.69, 9.17) is 0 Å². The third-order valence-corrected chi connectivity index (χ3v) is 4.24. The first-order chi connectivity index (χ1) is 11.6. The van der Waals surface area contributed by atoms with Crippen LogP contribution in [0.3, 0.4) is 0 Å². The van der Waals surface area contributed by atoms with Crippen LogP contribution < -0.4 is 0 Å². The van der Waals surface area contributed by atoms with Crippen LogP contribution in [0.5, 0.6) is 0 Å². The van der Waals surface area contributed by atoms with Gasteiger partial charge in [-0.2, -0.15) is 0 Å². The van der Waals surface area contributed by atoms with Gasteiger partial charge in [-0.05, 0) is 30.5 Å². The largest absolute Gasteiger partial charge is 0.335 e. The molecule has 124 valence electrons. The second-order valence-corrected chi connectivity index (χ2v) is 6.17. The lowest BCUT2D eigenvalue weighted by Crippen LogP contribution is -2.32. The SMILES string of the molecule is O=C(CCC(=O)N(Cc1ccc(F)cc1)C1CC1)c1ccccc1. The lowest BCUT2D eigenvalue weighted by Gasteiger charge is -2.22. The summed E-state index contributed by atoms with van der Waals surface area (Å²) in [6, 6.07) is 15.5. The smallest absolute Gasteiger partial charge is 0.223 e. The quantitative estimate of drug-likeness (QED) is 0.722. The molecule has 1 fully saturated rings. The van der Waals surface area contributed by atoms with Crippen LogP contribution in [-0.2, 0) is 11.3 Å². The van der Waals surface area contributed by atoms with E-state index in [1.807, 2.05) is 23.1 Å². The first-order valence-corrected chi connectivity index (χ1v) is 8.25. The van der Waals surface area contributed by atoms with Gasteiger partial charge < -0.3 is 4.90 Å². The highest BCUT2D eigenvalue weighted by molar-refractivity contribution is 5.97. The maximum absolute atomic E-state index is 13.0. The van der Waals surface area contributed by atoms with Gasteiger partial charge in [0, 0.05) is 31.0 Å². The van der Waals surface area contributed by atoms with Gasteiger partial charge in [-0.15, -0.1) is 0 Å². The number of benzene rings is 2. The van der Waals surface area contributed by atoms with Crippen LogP contribution in [0.15, 0.2) is 54.6 Å². The zero-order valence-corrected chi connectivity index (χ0v) is 13.5. The highest BCUT2D eigenvalue weighted by atomic mass is 19.1. The Morgan fingerprint density at radius 3 is 2.25 bits per heavy atom. The predicted octanol–water partition coefficient (Wildman–Crippen LogP) is 3.98. The van der Waals surface area contributed by atoms with Crippen LogP contribution in [0.2, 0.25) is 0 Å². The molecule has 24 heavy (non-hydrogen) atoms. The Morgan fingerprint density at radius 1 is 0.958 bits per heavy atom. The van der Waals surface area contributed by atoms with Crippen LogP contribution in [-0.4, -0.2) is 22.6 Å². The maximum atomic E-state index is 13.0. The van der Waals surface area contributed by atoms with Gasteiger partial charge in [0.05, 0.1) is 0 Å². The molecule has 4 heteroatoms. The van der Waals surface area contributed by atoms with E-state index in [1.165, 1.54) is 12.1 Å². The van der Waals surface area contributed by atoms with E-state index in [0.717, 1.165) is 18.4 Å². The standard InChI is InChI=1S/C20H20FNO2/c21-17-8-6-15(7-9-17)14-22(18-10-11-18)20(24)13-12-19(23)16-4-2-1-3-5-16/h1-9,18H,10-14H2. The van der Waals surface area contributed by atoms with Crippen LogP contribution in [0, 0.1) is 5.82 Å². The minimum absolute atomic E-state index is 0.00824. The number of halogens is 1. The van der Waals surface area contributed by atoms with E-state index >= 15 is 0 Å². The fourth-order valence-electron chi connectivity index (χ4n) is 2.73. The van der Waals surface area contributed by atoms with Crippen molar-refractivity contribution in [1.82, 2.24) is 4.90 Å². The number of Topliss-reactive ketones (excluding diaryl/α,β-unsaturated/α-hetero) is 1. The van der Waals surface area contributed by atoms with Gasteiger partial charge >= 0.3 is 0 Å². The second kappa shape index (κ2) is 7.39. The third-order valence-electron chi connectivity index (χ3n) is 4.24. The Bertz CT molecular complexity index is 708. The zero-order chi connectivity index (χ0) is 16.9. The fourth-order valence-corrected chi connectivity index (χ4v) is 2.73. The van der Waals surface area contributed by atoms with E-state index < -0.39 is 0 Å². The molecule has 3 rings (SSSR count). The molecule has 0 N–H and O–H groups in total. The van der Waals surface area contributed by atoms with Crippen molar-refractivity contribution in [3.8, 4) is 0 Å². The Balaban J connectivity index is 1.58. The van der Waals surface area contributed by atoms with Gasteiger partial charge in [0.2, 0.25) is 5.91 Å². The van der Waals surface area contributed by atoms with Crippen molar-refractivity contribution in [2.75, 3.05) is 0 Å². The molecule has 1 saturated carbocycles. The number of amides is 1. The van der Waals surface area contributed by atoms with Crippen molar-refractivity contribution in [3.05, 3.63) is 71.5 Å². The van der Waals surface area contributed by atoms with Crippen molar-refractivity contribution in [3.63, 3.8) is 0 Å². The summed E-state index contributed by atoms with van der Waals surface area (Å²) >= 11 is 0. The van der Waals surface area contributed by atoms with Crippen LogP contribution in [0.25, 0.3) is 0 Å². The average Bonchev–Trinajstić information content (AvgIpc) is 3.44. The number of hydrogen-bond acceptors (Lipinski definition) is 2. The number of carbonyl (C=O) groups excluding carboxylic acids is 2. The molecule has 2 aromatic carbocycles. The molecule has 1 amide bonds. The molecule has 1 aliphatic rings. The van der Waals surface area contributed by atoms with Gasteiger partial charge in [-0.1, -0.05) is 42.5 Å². The third kappa shape index (κ3) is 4.28. The molecule has 0 aliphatic heterocycles. The molecular formula is C20H20FNO2. The Morgan fingerprint density at radius 2 is 1.62 bits per heavy atom. The second-order valence-electron chi connectivity index (χ2n) is 6.17. The molecule has 0 spiro atoms. The van der Waals surface area contributed by atoms with Crippen molar-refractivity contribution >= 4 is 11.7 Å². The predicted molar refractivity (Wildman–Crippen MR) is 90.0 cm³/mol. The van der Waals surface area contributed by atoms with E-state index in [9.17, 15) is 14.0 Å². The summed E-state index contributed by atoms with van der Waals surface area (Å²) in [7, 11) is 0. The number of nitrogens with zero attached hydrogens (tertiary/aromatic N) is 1. The molecule has 0 unspecified atom stereocenters. The minimum atomic E-state index is -0.281. The van der Waals surface area contributed by atoms with Gasteiger partial charge in [0.15, 0.2) is 5.78 Å². The zero-order valence-electron chi connectivity index (χ0n) is 13.5. The summed E-state index contributed by atoms with van der Waals surface area (Å²) in [5.41, 5.74) is 1.55. The lowest BCUT2D eigenvalue weighted by atomic mass is 10.1. The normalized spacial score (nSPS) is 13.5. The molecule has 1 aliphatic carbocycles. The Hall–Kier alpha value is -2.49. The molecule has 0 bridgehead atoms. The summed E-state index contributed by atoms with van der Waals surface area (Å²) in [6.07, 6.45) is 2.43. The van der Waals surface area contributed by atoms with E-state index in [-0.39, 0.29) is 36.4 Å². The van der Waals surface area contributed by atoms with E-state index in [2.05, 4.69) is 0 Å². The molecule has 0 atom stereocenters. The highest BCUT2D eigenvalue weighted by Crippen LogP contribution is 2.29. The summed E-state index contributed by atoms with van der Waals surface area (Å²) in [6.45, 7) is 0.476. The molecule has 0 aromatic heterocycles. The minimum Gasteiger partial charge on any atom is -0.335 e. The summed E-state index contributed by atoms with van der Waals surface area (Å²) < 4.78 is 13.0. The first kappa shape index (κ1) is 16.4. The maximum Gasteiger partial charge on any atom is 0.223 e. The molecule has 0 heterocycles. The monoisotopic (exact) mass is 325 g/mol. The molecule has 2 aromatic rings. The van der Waals surface area contributed by atoms with Gasteiger partial charge in [-0.25, -0.2) is 4.39 Å². The number of rotatable bonds is 7. The van der Waals surface area contributed by atoms with E-state index in [0.29, 0.717) is 12.1 Å².